The molecule has 1 amide bonds. The van der Waals surface area contributed by atoms with Crippen molar-refractivity contribution >= 4 is 45.4 Å². The van der Waals surface area contributed by atoms with Crippen molar-refractivity contribution in [1.82, 2.24) is 19.8 Å². The number of anilines is 1. The highest BCUT2D eigenvalue weighted by Gasteiger charge is 2.41. The first-order valence-electron chi connectivity index (χ1n) is 14.5. The van der Waals surface area contributed by atoms with Crippen LogP contribution in [0.15, 0.2) is 91.1 Å². The summed E-state index contributed by atoms with van der Waals surface area (Å²) in [5, 5.41) is 21.1. The summed E-state index contributed by atoms with van der Waals surface area (Å²) in [5.74, 6) is 0.273. The van der Waals surface area contributed by atoms with Crippen LogP contribution in [0.2, 0.25) is 0 Å². The van der Waals surface area contributed by atoms with Crippen LogP contribution in [0.4, 0.5) is 11.4 Å². The van der Waals surface area contributed by atoms with Crippen molar-refractivity contribution in [3.8, 4) is 11.4 Å². The summed E-state index contributed by atoms with van der Waals surface area (Å²) in [7, 11) is 1.48. The van der Waals surface area contributed by atoms with Gasteiger partial charge in [-0.1, -0.05) is 42.5 Å². The lowest BCUT2D eigenvalue weighted by Gasteiger charge is -2.28. The molecule has 2 N–H and O–H groups in total. The molecule has 1 aliphatic heterocycles. The van der Waals surface area contributed by atoms with E-state index in [9.17, 15) is 14.9 Å². The van der Waals surface area contributed by atoms with E-state index < -0.39 is 4.92 Å². The Morgan fingerprint density at radius 2 is 1.84 bits per heavy atom. The molecule has 2 atom stereocenters. The molecule has 2 aromatic heterocycles. The summed E-state index contributed by atoms with van der Waals surface area (Å²) in [6.07, 6.45) is 1.93. The van der Waals surface area contributed by atoms with Crippen LogP contribution in [-0.4, -0.2) is 44.0 Å². The zero-order chi connectivity index (χ0) is 31.7. The number of rotatable bonds is 9. The molecular weight excluding hydrogens is 588 g/mol. The first-order valence-corrected chi connectivity index (χ1v) is 14.9. The minimum absolute atomic E-state index is 0.0639. The Bertz CT molecular complexity index is 1920. The van der Waals surface area contributed by atoms with Gasteiger partial charge in [0.1, 0.15) is 11.4 Å². The molecule has 0 saturated carbocycles. The van der Waals surface area contributed by atoms with Crippen molar-refractivity contribution in [2.24, 2.45) is 0 Å². The van der Waals surface area contributed by atoms with Gasteiger partial charge in [0.15, 0.2) is 5.11 Å². The Hall–Kier alpha value is -5.29. The maximum atomic E-state index is 13.3. The van der Waals surface area contributed by atoms with Gasteiger partial charge in [0, 0.05) is 41.6 Å². The topological polar surface area (TPSA) is 115 Å². The van der Waals surface area contributed by atoms with Gasteiger partial charge in [0.05, 0.1) is 35.9 Å². The number of carbonyl (C=O) groups is 1. The highest BCUT2D eigenvalue weighted by molar-refractivity contribution is 7.80. The molecule has 0 bridgehead atoms. The number of benzene rings is 3. The molecule has 6 rings (SSSR count). The molecule has 3 heterocycles. The fourth-order valence-corrected chi connectivity index (χ4v) is 6.51. The normalized spacial score (nSPS) is 16.1. The van der Waals surface area contributed by atoms with E-state index in [1.165, 1.54) is 13.2 Å². The fourth-order valence-electron chi connectivity index (χ4n) is 6.18. The number of hydrogen-bond donors (Lipinski definition) is 2. The fraction of sp³-hybridized carbons (Fsp3) is 0.206. The van der Waals surface area contributed by atoms with E-state index in [1.54, 1.807) is 18.3 Å². The molecule has 0 aliphatic carbocycles. The van der Waals surface area contributed by atoms with Crippen LogP contribution in [0, 0.1) is 24.0 Å². The Morgan fingerprint density at radius 3 is 2.60 bits per heavy atom. The lowest BCUT2D eigenvalue weighted by atomic mass is 9.96. The predicted molar refractivity (Wildman–Crippen MR) is 178 cm³/mol. The van der Waals surface area contributed by atoms with Crippen LogP contribution in [0.25, 0.3) is 16.5 Å². The molecule has 45 heavy (non-hydrogen) atoms. The Labute approximate surface area is 265 Å². The van der Waals surface area contributed by atoms with Crippen molar-refractivity contribution in [3.63, 3.8) is 0 Å². The van der Waals surface area contributed by atoms with Crippen molar-refractivity contribution in [2.75, 3.05) is 19.0 Å². The van der Waals surface area contributed by atoms with Gasteiger partial charge in [-0.2, -0.15) is 0 Å². The zero-order valence-corrected chi connectivity index (χ0v) is 25.9. The summed E-state index contributed by atoms with van der Waals surface area (Å²) in [6, 6.07) is 25.7. The number of amides is 1. The SMILES string of the molecule is COc1ccc(-n2c(C)cc([C@H]3[C@H](c4ccccn4)NC(=S)N3CCC(=O)Nc3cccc4ccccc34)c2C)c([N+](=O)[O-])c1. The van der Waals surface area contributed by atoms with Gasteiger partial charge in [-0.15, -0.1) is 0 Å². The maximum Gasteiger partial charge on any atom is 0.296 e. The minimum Gasteiger partial charge on any atom is -0.496 e. The molecule has 0 unspecified atom stereocenters. The third kappa shape index (κ3) is 5.69. The second-order valence-corrected chi connectivity index (χ2v) is 11.3. The highest BCUT2D eigenvalue weighted by Crippen LogP contribution is 2.42. The molecule has 3 aromatic carbocycles. The van der Waals surface area contributed by atoms with E-state index in [1.807, 2.05) is 90.0 Å². The van der Waals surface area contributed by atoms with Crippen LogP contribution in [-0.2, 0) is 4.79 Å². The second kappa shape index (κ2) is 12.4. The molecule has 1 fully saturated rings. The largest absolute Gasteiger partial charge is 0.496 e. The number of pyridine rings is 1. The lowest BCUT2D eigenvalue weighted by Crippen LogP contribution is -2.33. The number of nitro groups is 1. The minimum atomic E-state index is -0.403. The lowest BCUT2D eigenvalue weighted by molar-refractivity contribution is -0.384. The molecule has 10 nitrogen and oxygen atoms in total. The Morgan fingerprint density at radius 1 is 1.07 bits per heavy atom. The first kappa shape index (κ1) is 29.8. The number of thiocarbonyl (C=S) groups is 1. The van der Waals surface area contributed by atoms with Gasteiger partial charge in [-0.3, -0.25) is 19.9 Å². The van der Waals surface area contributed by atoms with Crippen LogP contribution < -0.4 is 15.4 Å². The Kier molecular flexibility index (Phi) is 8.18. The summed E-state index contributed by atoms with van der Waals surface area (Å²) >= 11 is 5.84. The molecule has 1 saturated heterocycles. The van der Waals surface area contributed by atoms with Gasteiger partial charge in [-0.25, -0.2) is 0 Å². The van der Waals surface area contributed by atoms with Crippen molar-refractivity contribution in [2.45, 2.75) is 32.4 Å². The molecule has 0 radical (unpaired) electrons. The number of nitrogens with one attached hydrogen (secondary N) is 2. The number of carbonyl (C=O) groups excluding carboxylic acids is 1. The maximum absolute atomic E-state index is 13.3. The van der Waals surface area contributed by atoms with E-state index >= 15 is 0 Å². The molecule has 0 spiro atoms. The second-order valence-electron chi connectivity index (χ2n) is 10.9. The average Bonchev–Trinajstić information content (AvgIpc) is 3.53. The number of methoxy groups -OCH3 is 1. The average molecular weight is 621 g/mol. The van der Waals surface area contributed by atoms with E-state index in [2.05, 4.69) is 15.6 Å². The van der Waals surface area contributed by atoms with Crippen LogP contribution >= 0.6 is 12.2 Å². The van der Waals surface area contributed by atoms with Gasteiger partial charge in [0.25, 0.3) is 5.69 Å². The van der Waals surface area contributed by atoms with Crippen molar-refractivity contribution < 1.29 is 14.5 Å². The van der Waals surface area contributed by atoms with Crippen molar-refractivity contribution in [1.29, 1.82) is 0 Å². The number of fused-ring (bicyclic) bond motifs is 1. The van der Waals surface area contributed by atoms with Gasteiger partial charge < -0.3 is 24.8 Å². The van der Waals surface area contributed by atoms with E-state index in [0.29, 0.717) is 23.1 Å². The number of aryl methyl sites for hydroxylation is 1. The molecule has 1 aliphatic rings. The number of ether oxygens (including phenoxy) is 1. The van der Waals surface area contributed by atoms with Crippen LogP contribution in [0.3, 0.4) is 0 Å². The van der Waals surface area contributed by atoms with Gasteiger partial charge >= 0.3 is 0 Å². The van der Waals surface area contributed by atoms with E-state index in [0.717, 1.165) is 39.1 Å². The van der Waals surface area contributed by atoms with Gasteiger partial charge in [0.2, 0.25) is 5.91 Å². The van der Waals surface area contributed by atoms with Crippen molar-refractivity contribution in [3.05, 3.63) is 124 Å². The van der Waals surface area contributed by atoms with Gasteiger partial charge in [-0.05, 0) is 73.4 Å². The number of hydrogen-bond acceptors (Lipinski definition) is 6. The quantitative estimate of drug-likeness (QED) is 0.108. The number of nitro benzene ring substituents is 1. The summed E-state index contributed by atoms with van der Waals surface area (Å²) in [6.45, 7) is 4.21. The van der Waals surface area contributed by atoms with E-state index in [-0.39, 0.29) is 30.1 Å². The third-order valence-electron chi connectivity index (χ3n) is 8.25. The summed E-state index contributed by atoms with van der Waals surface area (Å²) in [5.41, 5.74) is 4.50. The zero-order valence-electron chi connectivity index (χ0n) is 25.1. The predicted octanol–water partition coefficient (Wildman–Crippen LogP) is 6.56. The molecular formula is C34H32N6O4S. The number of nitrogens with zero attached hydrogens (tertiary/aromatic N) is 4. The molecule has 5 aromatic rings. The highest BCUT2D eigenvalue weighted by atomic mass is 32.1. The number of aromatic nitrogens is 2. The molecule has 228 valence electrons. The molecule has 11 heteroatoms. The first-order chi connectivity index (χ1) is 21.8. The smallest absolute Gasteiger partial charge is 0.296 e. The van der Waals surface area contributed by atoms with E-state index in [4.69, 9.17) is 17.0 Å². The Balaban J connectivity index is 1.34. The summed E-state index contributed by atoms with van der Waals surface area (Å²) < 4.78 is 7.14. The standard InChI is InChI=1S/C34H32N6O4S/c1-21-19-26(22(2)39(21)29-15-14-24(44-3)20-30(29)40(42)43)33-32(28-12-6-7-17-35-28)37-34(45)38(33)18-16-31(41)36-27-13-8-10-23-9-4-5-11-25(23)27/h4-15,17,19-20,32-33H,16,18H2,1-3H3,(H,36,41)(H,37,45)/t32-,33-/m0/s1. The van der Waals surface area contributed by atoms with Crippen LogP contribution in [0.1, 0.15) is 41.1 Å². The summed E-state index contributed by atoms with van der Waals surface area (Å²) in [4.78, 5) is 31.6. The third-order valence-corrected chi connectivity index (χ3v) is 8.60. The monoisotopic (exact) mass is 620 g/mol. The van der Waals surface area contributed by atoms with Crippen LogP contribution in [0.5, 0.6) is 5.75 Å².